The summed E-state index contributed by atoms with van der Waals surface area (Å²) in [7, 11) is 1.64. The Kier molecular flexibility index (Phi) is 7.84. The van der Waals surface area contributed by atoms with E-state index in [0.29, 0.717) is 44.6 Å². The van der Waals surface area contributed by atoms with Gasteiger partial charge in [-0.25, -0.2) is 9.97 Å². The lowest BCUT2D eigenvalue weighted by Crippen LogP contribution is -2.08. The zero-order valence-corrected chi connectivity index (χ0v) is 17.2. The number of nitrogens with zero attached hydrogens (tertiary/aromatic N) is 2. The molecular weight excluding hydrogens is 382 g/mol. The Hall–Kier alpha value is -3.34. The van der Waals surface area contributed by atoms with E-state index in [0.717, 1.165) is 27.9 Å². The van der Waals surface area contributed by atoms with Gasteiger partial charge in [-0.2, -0.15) is 0 Å². The van der Waals surface area contributed by atoms with E-state index in [1.54, 1.807) is 7.11 Å². The van der Waals surface area contributed by atoms with Gasteiger partial charge in [-0.1, -0.05) is 5.92 Å². The van der Waals surface area contributed by atoms with E-state index in [2.05, 4.69) is 21.2 Å². The Labute approximate surface area is 176 Å². The topological polar surface area (TPSA) is 74.7 Å². The number of benzene rings is 2. The van der Waals surface area contributed by atoms with Gasteiger partial charge >= 0.3 is 0 Å². The van der Waals surface area contributed by atoms with Crippen LogP contribution in [0.4, 0.5) is 11.5 Å². The number of hydrogen-bond acceptors (Lipinski definition) is 7. The first kappa shape index (κ1) is 21.4. The molecule has 0 amide bonds. The van der Waals surface area contributed by atoms with Crippen LogP contribution in [0.15, 0.2) is 42.7 Å². The molecule has 0 spiro atoms. The smallest absolute Gasteiger partial charge is 0.142 e. The lowest BCUT2D eigenvalue weighted by atomic mass is 10.1. The number of nitrogens with one attached hydrogen (secondary N) is 1. The summed E-state index contributed by atoms with van der Waals surface area (Å²) in [5.74, 6) is 4.68. The predicted molar refractivity (Wildman–Crippen MR) is 117 cm³/mol. The molecule has 0 atom stereocenters. The number of rotatable bonds is 11. The Morgan fingerprint density at radius 3 is 2.67 bits per heavy atom. The number of fused-ring (bicyclic) bond motifs is 1. The van der Waals surface area contributed by atoms with Crippen LogP contribution in [0.3, 0.4) is 0 Å². The van der Waals surface area contributed by atoms with Crippen molar-refractivity contribution in [3.05, 3.63) is 48.3 Å². The highest BCUT2D eigenvalue weighted by atomic mass is 16.5. The molecule has 2 aromatic carbocycles. The molecule has 3 aromatic rings. The first-order chi connectivity index (χ1) is 14.7. The molecule has 1 N–H and O–H groups in total. The number of aromatic nitrogens is 2. The maximum Gasteiger partial charge on any atom is 0.142 e. The van der Waals surface area contributed by atoms with Gasteiger partial charge in [0.15, 0.2) is 0 Å². The molecule has 7 heteroatoms. The maximum absolute atomic E-state index is 5.87. The third kappa shape index (κ3) is 5.60. The summed E-state index contributed by atoms with van der Waals surface area (Å²) in [5.41, 5.74) is 2.22. The Morgan fingerprint density at radius 1 is 1.00 bits per heavy atom. The first-order valence-corrected chi connectivity index (χ1v) is 9.70. The van der Waals surface area contributed by atoms with Crippen LogP contribution in [-0.2, 0) is 9.47 Å². The van der Waals surface area contributed by atoms with Crippen LogP contribution in [0.1, 0.15) is 12.5 Å². The van der Waals surface area contributed by atoms with Crippen molar-refractivity contribution in [1.82, 2.24) is 9.97 Å². The average molecular weight is 407 g/mol. The highest BCUT2D eigenvalue weighted by molar-refractivity contribution is 5.92. The van der Waals surface area contributed by atoms with Gasteiger partial charge < -0.3 is 24.3 Å². The van der Waals surface area contributed by atoms with Gasteiger partial charge in [-0.15, -0.1) is 6.42 Å². The maximum atomic E-state index is 5.87. The lowest BCUT2D eigenvalue weighted by molar-refractivity contribution is 0.110. The van der Waals surface area contributed by atoms with Gasteiger partial charge in [0.25, 0.3) is 0 Å². The minimum atomic E-state index is 0.435. The van der Waals surface area contributed by atoms with Crippen LogP contribution in [0.5, 0.6) is 11.5 Å². The average Bonchev–Trinajstić information content (AvgIpc) is 2.77. The second-order valence-corrected chi connectivity index (χ2v) is 6.27. The molecule has 0 saturated heterocycles. The van der Waals surface area contributed by atoms with Crippen LogP contribution < -0.4 is 14.8 Å². The SMILES string of the molecule is C#Cc1ccc(OCCOCC)c(Nc2ncnc3cc(OCCOC)ccc23)c1. The van der Waals surface area contributed by atoms with Crippen molar-refractivity contribution in [2.45, 2.75) is 6.92 Å². The van der Waals surface area contributed by atoms with E-state index >= 15 is 0 Å². The molecule has 3 rings (SSSR count). The number of anilines is 2. The number of methoxy groups -OCH3 is 1. The van der Waals surface area contributed by atoms with Gasteiger partial charge in [-0.3, -0.25) is 0 Å². The highest BCUT2D eigenvalue weighted by Crippen LogP contribution is 2.31. The largest absolute Gasteiger partial charge is 0.491 e. The van der Waals surface area contributed by atoms with E-state index in [9.17, 15) is 0 Å². The van der Waals surface area contributed by atoms with Gasteiger partial charge in [-0.05, 0) is 37.3 Å². The number of hydrogen-bond donors (Lipinski definition) is 1. The predicted octanol–water partition coefficient (Wildman–Crippen LogP) is 3.80. The molecule has 0 radical (unpaired) electrons. The van der Waals surface area contributed by atoms with E-state index in [1.807, 2.05) is 43.3 Å². The van der Waals surface area contributed by atoms with Gasteiger partial charge in [0.1, 0.15) is 36.9 Å². The molecule has 0 aliphatic rings. The molecule has 1 heterocycles. The quantitative estimate of drug-likeness (QED) is 0.383. The summed E-state index contributed by atoms with van der Waals surface area (Å²) in [4.78, 5) is 8.75. The van der Waals surface area contributed by atoms with E-state index in [1.165, 1.54) is 6.33 Å². The van der Waals surface area contributed by atoms with E-state index in [-0.39, 0.29) is 0 Å². The molecule has 1 aromatic heterocycles. The highest BCUT2D eigenvalue weighted by Gasteiger charge is 2.10. The molecule has 156 valence electrons. The number of ether oxygens (including phenoxy) is 4. The van der Waals surface area contributed by atoms with Crippen LogP contribution in [0.25, 0.3) is 10.9 Å². The van der Waals surface area contributed by atoms with Crippen LogP contribution >= 0.6 is 0 Å². The molecule has 0 fully saturated rings. The van der Waals surface area contributed by atoms with Crippen molar-refractivity contribution < 1.29 is 18.9 Å². The summed E-state index contributed by atoms with van der Waals surface area (Å²) in [6.07, 6.45) is 7.08. The summed E-state index contributed by atoms with van der Waals surface area (Å²) in [6.45, 7) is 4.53. The minimum Gasteiger partial charge on any atom is -0.491 e. The molecule has 0 bridgehead atoms. The van der Waals surface area contributed by atoms with E-state index < -0.39 is 0 Å². The molecular formula is C23H25N3O4. The van der Waals surface area contributed by atoms with Crippen molar-refractivity contribution in [1.29, 1.82) is 0 Å². The second kappa shape index (κ2) is 11.0. The van der Waals surface area contributed by atoms with Crippen molar-refractivity contribution in [3.63, 3.8) is 0 Å². The third-order valence-corrected chi connectivity index (χ3v) is 4.25. The first-order valence-electron chi connectivity index (χ1n) is 9.70. The minimum absolute atomic E-state index is 0.435. The van der Waals surface area contributed by atoms with Gasteiger partial charge in [0, 0.05) is 30.7 Å². The van der Waals surface area contributed by atoms with E-state index in [4.69, 9.17) is 25.4 Å². The summed E-state index contributed by atoms with van der Waals surface area (Å²) in [5, 5.41) is 4.18. The van der Waals surface area contributed by atoms with Crippen LogP contribution in [0.2, 0.25) is 0 Å². The molecule has 30 heavy (non-hydrogen) atoms. The Morgan fingerprint density at radius 2 is 1.87 bits per heavy atom. The molecule has 0 aliphatic heterocycles. The van der Waals surface area contributed by atoms with Crippen molar-refractivity contribution >= 4 is 22.4 Å². The zero-order chi connectivity index (χ0) is 21.2. The van der Waals surface area contributed by atoms with Crippen molar-refractivity contribution in [3.8, 4) is 23.8 Å². The fourth-order valence-corrected chi connectivity index (χ4v) is 2.79. The van der Waals surface area contributed by atoms with Crippen LogP contribution in [-0.4, -0.2) is 50.1 Å². The molecule has 7 nitrogen and oxygen atoms in total. The van der Waals surface area contributed by atoms with Crippen LogP contribution in [0, 0.1) is 12.3 Å². The van der Waals surface area contributed by atoms with Gasteiger partial charge in [0.05, 0.1) is 24.4 Å². The second-order valence-electron chi connectivity index (χ2n) is 6.27. The molecule has 0 unspecified atom stereocenters. The summed E-state index contributed by atoms with van der Waals surface area (Å²) >= 11 is 0. The summed E-state index contributed by atoms with van der Waals surface area (Å²) in [6, 6.07) is 11.2. The third-order valence-electron chi connectivity index (χ3n) is 4.25. The standard InChI is InChI=1S/C23H25N3O4/c1-4-17-6-9-22(30-13-11-28-5-2)21(14-17)26-23-19-8-7-18(29-12-10-27-3)15-20(19)24-16-25-23/h1,6-9,14-16H,5,10-13H2,2-3H3,(H,24,25,26). The number of terminal acetylenes is 1. The lowest BCUT2D eigenvalue weighted by Gasteiger charge is -2.15. The normalized spacial score (nSPS) is 10.6. The fraction of sp³-hybridized carbons (Fsp3) is 0.304. The summed E-state index contributed by atoms with van der Waals surface area (Å²) < 4.78 is 21.9. The monoisotopic (exact) mass is 407 g/mol. The molecule has 0 aliphatic carbocycles. The van der Waals surface area contributed by atoms with Crippen molar-refractivity contribution in [2.75, 3.05) is 45.5 Å². The Bertz CT molecular complexity index is 1020. The van der Waals surface area contributed by atoms with Crippen molar-refractivity contribution in [2.24, 2.45) is 0 Å². The Balaban J connectivity index is 1.85. The zero-order valence-electron chi connectivity index (χ0n) is 17.2. The fourth-order valence-electron chi connectivity index (χ4n) is 2.79. The molecule has 0 saturated carbocycles. The van der Waals surface area contributed by atoms with Gasteiger partial charge in [0.2, 0.25) is 0 Å².